The van der Waals surface area contributed by atoms with Crippen molar-refractivity contribution in [2.24, 2.45) is 0 Å². The number of benzene rings is 2. The molecule has 126 valence electrons. The first-order chi connectivity index (χ1) is 12.0. The molecule has 0 fully saturated rings. The number of fused-ring (bicyclic) bond motifs is 1. The van der Waals surface area contributed by atoms with Crippen LogP contribution in [0.25, 0.3) is 11.0 Å². The van der Waals surface area contributed by atoms with E-state index in [9.17, 15) is 9.59 Å². The molecular formula is C17H12Cl2N4O2. The van der Waals surface area contributed by atoms with Crippen LogP contribution in [0.1, 0.15) is 10.5 Å². The minimum atomic E-state index is -0.495. The second kappa shape index (κ2) is 7.46. The van der Waals surface area contributed by atoms with Gasteiger partial charge in [0.2, 0.25) is 5.91 Å². The highest BCUT2D eigenvalue weighted by molar-refractivity contribution is 6.35. The Labute approximate surface area is 153 Å². The molecule has 0 radical (unpaired) electrons. The molecule has 1 aromatic heterocycles. The van der Waals surface area contributed by atoms with Crippen LogP contribution in [-0.2, 0) is 4.79 Å². The van der Waals surface area contributed by atoms with Crippen molar-refractivity contribution in [3.05, 3.63) is 64.4 Å². The average molecular weight is 375 g/mol. The van der Waals surface area contributed by atoms with Crippen LogP contribution >= 0.6 is 23.2 Å². The normalized spacial score (nSPS) is 10.5. The molecule has 2 amide bonds. The lowest BCUT2D eigenvalue weighted by atomic mass is 10.3. The zero-order chi connectivity index (χ0) is 17.8. The molecule has 0 spiro atoms. The number of nitrogens with one attached hydrogen (secondary N) is 2. The Morgan fingerprint density at radius 2 is 1.80 bits per heavy atom. The Morgan fingerprint density at radius 1 is 1.04 bits per heavy atom. The summed E-state index contributed by atoms with van der Waals surface area (Å²) in [7, 11) is 0. The third-order valence-corrected chi connectivity index (χ3v) is 3.86. The molecule has 2 aromatic carbocycles. The van der Waals surface area contributed by atoms with Crippen molar-refractivity contribution in [1.82, 2.24) is 15.3 Å². The largest absolute Gasteiger partial charge is 0.342 e. The number of hydrogen-bond acceptors (Lipinski definition) is 4. The van der Waals surface area contributed by atoms with Crippen LogP contribution in [0.3, 0.4) is 0 Å². The van der Waals surface area contributed by atoms with Crippen LogP contribution < -0.4 is 10.6 Å². The van der Waals surface area contributed by atoms with E-state index in [1.165, 1.54) is 12.3 Å². The number of carbonyl (C=O) groups is 2. The highest BCUT2D eigenvalue weighted by Gasteiger charge is 2.12. The molecule has 3 rings (SSSR count). The molecule has 0 saturated heterocycles. The van der Waals surface area contributed by atoms with Crippen molar-refractivity contribution in [3.8, 4) is 0 Å². The van der Waals surface area contributed by atoms with E-state index < -0.39 is 11.8 Å². The SMILES string of the molecule is O=C(CNC(=O)c1cnc2ccccc2n1)Nc1cc(Cl)ccc1Cl. The van der Waals surface area contributed by atoms with E-state index in [-0.39, 0.29) is 12.2 Å². The zero-order valence-corrected chi connectivity index (χ0v) is 14.3. The van der Waals surface area contributed by atoms with Gasteiger partial charge in [0.15, 0.2) is 0 Å². The first kappa shape index (κ1) is 17.1. The number of carbonyl (C=O) groups excluding carboxylic acids is 2. The third-order valence-electron chi connectivity index (χ3n) is 3.29. The molecule has 0 unspecified atom stereocenters. The average Bonchev–Trinajstić information content (AvgIpc) is 2.62. The molecule has 3 aromatic rings. The number of rotatable bonds is 4. The second-order valence-electron chi connectivity index (χ2n) is 5.10. The maximum absolute atomic E-state index is 12.1. The molecular weight excluding hydrogens is 363 g/mol. The molecule has 0 bridgehead atoms. The van der Waals surface area contributed by atoms with Gasteiger partial charge in [-0.1, -0.05) is 35.3 Å². The van der Waals surface area contributed by atoms with E-state index in [0.29, 0.717) is 26.8 Å². The molecule has 2 N–H and O–H groups in total. The topological polar surface area (TPSA) is 84.0 Å². The predicted octanol–water partition coefficient (Wildman–Crippen LogP) is 3.31. The van der Waals surface area contributed by atoms with E-state index >= 15 is 0 Å². The first-order valence-corrected chi connectivity index (χ1v) is 8.03. The Kier molecular flexibility index (Phi) is 5.11. The molecule has 0 aliphatic rings. The van der Waals surface area contributed by atoms with Crippen molar-refractivity contribution in [1.29, 1.82) is 0 Å². The molecule has 0 aliphatic heterocycles. The maximum atomic E-state index is 12.1. The number of anilines is 1. The van der Waals surface area contributed by atoms with Crippen molar-refractivity contribution >= 4 is 51.7 Å². The van der Waals surface area contributed by atoms with Crippen molar-refractivity contribution < 1.29 is 9.59 Å². The number of para-hydroxylation sites is 2. The van der Waals surface area contributed by atoms with E-state index in [0.717, 1.165) is 0 Å². The van der Waals surface area contributed by atoms with Gasteiger partial charge in [0.05, 0.1) is 34.5 Å². The van der Waals surface area contributed by atoms with E-state index in [1.807, 2.05) is 6.07 Å². The van der Waals surface area contributed by atoms with Gasteiger partial charge >= 0.3 is 0 Å². The number of amides is 2. The second-order valence-corrected chi connectivity index (χ2v) is 5.94. The summed E-state index contributed by atoms with van der Waals surface area (Å²) in [4.78, 5) is 32.5. The minimum absolute atomic E-state index is 0.132. The maximum Gasteiger partial charge on any atom is 0.271 e. The predicted molar refractivity (Wildman–Crippen MR) is 97.0 cm³/mol. The van der Waals surface area contributed by atoms with Gasteiger partial charge < -0.3 is 10.6 Å². The molecule has 0 atom stereocenters. The lowest BCUT2D eigenvalue weighted by Gasteiger charge is -2.08. The van der Waals surface area contributed by atoms with Gasteiger partial charge in [-0.15, -0.1) is 0 Å². The van der Waals surface area contributed by atoms with Crippen LogP contribution in [-0.4, -0.2) is 28.3 Å². The Balaban J connectivity index is 1.62. The lowest BCUT2D eigenvalue weighted by molar-refractivity contribution is -0.115. The Bertz CT molecular complexity index is 962. The fraction of sp³-hybridized carbons (Fsp3) is 0.0588. The fourth-order valence-corrected chi connectivity index (χ4v) is 2.44. The van der Waals surface area contributed by atoms with Gasteiger partial charge in [-0.05, 0) is 30.3 Å². The minimum Gasteiger partial charge on any atom is -0.342 e. The first-order valence-electron chi connectivity index (χ1n) is 7.28. The van der Waals surface area contributed by atoms with Crippen LogP contribution in [0, 0.1) is 0 Å². The smallest absolute Gasteiger partial charge is 0.271 e. The van der Waals surface area contributed by atoms with E-state index in [1.54, 1.807) is 30.3 Å². The monoisotopic (exact) mass is 374 g/mol. The Morgan fingerprint density at radius 3 is 2.60 bits per heavy atom. The number of halogens is 2. The number of nitrogens with zero attached hydrogens (tertiary/aromatic N) is 2. The van der Waals surface area contributed by atoms with Crippen molar-refractivity contribution in [2.45, 2.75) is 0 Å². The van der Waals surface area contributed by atoms with E-state index in [4.69, 9.17) is 23.2 Å². The molecule has 0 aliphatic carbocycles. The molecule has 0 saturated carbocycles. The van der Waals surface area contributed by atoms with Gasteiger partial charge in [0, 0.05) is 5.02 Å². The van der Waals surface area contributed by atoms with Gasteiger partial charge in [-0.3, -0.25) is 14.6 Å². The fourth-order valence-electron chi connectivity index (χ4n) is 2.11. The lowest BCUT2D eigenvalue weighted by Crippen LogP contribution is -2.33. The van der Waals surface area contributed by atoms with Crippen LogP contribution in [0.15, 0.2) is 48.7 Å². The molecule has 8 heteroatoms. The van der Waals surface area contributed by atoms with Crippen molar-refractivity contribution in [2.75, 3.05) is 11.9 Å². The molecule has 1 heterocycles. The van der Waals surface area contributed by atoms with Gasteiger partial charge in [0.25, 0.3) is 5.91 Å². The summed E-state index contributed by atoms with van der Waals surface area (Å²) < 4.78 is 0. The number of aromatic nitrogens is 2. The highest BCUT2D eigenvalue weighted by Crippen LogP contribution is 2.25. The number of hydrogen-bond donors (Lipinski definition) is 2. The summed E-state index contributed by atoms with van der Waals surface area (Å²) in [6.45, 7) is -0.240. The van der Waals surface area contributed by atoms with Gasteiger partial charge in [-0.25, -0.2) is 4.98 Å². The highest BCUT2D eigenvalue weighted by atomic mass is 35.5. The summed E-state index contributed by atoms with van der Waals surface area (Å²) >= 11 is 11.8. The summed E-state index contributed by atoms with van der Waals surface area (Å²) in [5.41, 5.74) is 1.80. The van der Waals surface area contributed by atoms with Crippen LogP contribution in [0.2, 0.25) is 10.0 Å². The summed E-state index contributed by atoms with van der Waals surface area (Å²) in [6, 6.07) is 11.9. The standard InChI is InChI=1S/C17H12Cl2N4O2/c18-10-5-6-11(19)14(7-10)23-16(24)9-21-17(25)15-8-20-12-3-1-2-4-13(12)22-15/h1-8H,9H2,(H,21,25)(H,23,24). The van der Waals surface area contributed by atoms with Crippen LogP contribution in [0.4, 0.5) is 5.69 Å². The zero-order valence-electron chi connectivity index (χ0n) is 12.8. The summed E-state index contributed by atoms with van der Waals surface area (Å²) in [5.74, 6) is -0.933. The van der Waals surface area contributed by atoms with Crippen molar-refractivity contribution in [3.63, 3.8) is 0 Å². The quantitative estimate of drug-likeness (QED) is 0.733. The molecule has 6 nitrogen and oxygen atoms in total. The summed E-state index contributed by atoms with van der Waals surface area (Å²) in [5, 5.41) is 5.86. The van der Waals surface area contributed by atoms with Gasteiger partial charge in [-0.2, -0.15) is 0 Å². The van der Waals surface area contributed by atoms with Gasteiger partial charge in [0.1, 0.15) is 5.69 Å². The Hall–Kier alpha value is -2.70. The van der Waals surface area contributed by atoms with E-state index in [2.05, 4.69) is 20.6 Å². The van der Waals surface area contributed by atoms with Crippen LogP contribution in [0.5, 0.6) is 0 Å². The summed E-state index contributed by atoms with van der Waals surface area (Å²) in [6.07, 6.45) is 1.36. The molecule has 25 heavy (non-hydrogen) atoms. The third kappa shape index (κ3) is 4.23.